The van der Waals surface area contributed by atoms with Crippen LogP contribution in [0.4, 0.5) is 23.5 Å². The third-order valence-corrected chi connectivity index (χ3v) is 7.55. The fourth-order valence-electron chi connectivity index (χ4n) is 5.44. The molecule has 0 amide bonds. The monoisotopic (exact) mass is 535 g/mol. The first-order valence-corrected chi connectivity index (χ1v) is 13.1. The number of hydrogen-bond acceptors (Lipinski definition) is 4. The summed E-state index contributed by atoms with van der Waals surface area (Å²) in [5.41, 5.74) is 1.95. The lowest BCUT2D eigenvalue weighted by Crippen LogP contribution is -2.39. The molecule has 3 heterocycles. The van der Waals surface area contributed by atoms with Gasteiger partial charge in [0.25, 0.3) is 0 Å². The SMILES string of the molecule is Fc1cc2c(cnn2-c2cccc(C(F)(F)F)c2)cc1OC1CCN(c2nc3ccccc3n2C2CC2)CC1. The number of alkyl halides is 3. The Hall–Kier alpha value is -4.08. The van der Waals surface area contributed by atoms with Gasteiger partial charge in [-0.05, 0) is 49.2 Å². The number of hydrogen-bond donors (Lipinski definition) is 0. The van der Waals surface area contributed by atoms with E-state index in [0.29, 0.717) is 16.9 Å². The van der Waals surface area contributed by atoms with E-state index in [2.05, 4.69) is 20.6 Å². The van der Waals surface area contributed by atoms with Crippen LogP contribution in [0.2, 0.25) is 0 Å². The van der Waals surface area contributed by atoms with Crippen LogP contribution >= 0.6 is 0 Å². The lowest BCUT2D eigenvalue weighted by molar-refractivity contribution is -0.137. The van der Waals surface area contributed by atoms with Crippen molar-refractivity contribution >= 4 is 27.9 Å². The summed E-state index contributed by atoms with van der Waals surface area (Å²) in [4.78, 5) is 7.21. The van der Waals surface area contributed by atoms with E-state index >= 15 is 4.39 Å². The smallest absolute Gasteiger partial charge is 0.416 e. The average molecular weight is 536 g/mol. The lowest BCUT2D eigenvalue weighted by Gasteiger charge is -2.33. The maximum atomic E-state index is 15.2. The number of nitrogens with zero attached hydrogens (tertiary/aromatic N) is 5. The predicted octanol–water partition coefficient (Wildman–Crippen LogP) is 6.92. The molecule has 1 aliphatic carbocycles. The van der Waals surface area contributed by atoms with Crippen molar-refractivity contribution in [2.24, 2.45) is 0 Å². The number of halogens is 4. The molecule has 0 atom stereocenters. The molecular formula is C29H25F4N5O. The van der Waals surface area contributed by atoms with Crippen LogP contribution in [-0.4, -0.2) is 38.5 Å². The zero-order valence-corrected chi connectivity index (χ0v) is 20.9. The van der Waals surface area contributed by atoms with Crippen LogP contribution in [0.25, 0.3) is 27.6 Å². The van der Waals surface area contributed by atoms with Crippen LogP contribution in [-0.2, 0) is 6.18 Å². The van der Waals surface area contributed by atoms with E-state index in [1.54, 1.807) is 6.07 Å². The molecule has 1 aliphatic heterocycles. The van der Waals surface area contributed by atoms with E-state index < -0.39 is 17.6 Å². The van der Waals surface area contributed by atoms with Gasteiger partial charge in [-0.2, -0.15) is 18.3 Å². The summed E-state index contributed by atoms with van der Waals surface area (Å²) in [6.45, 7) is 1.50. The molecule has 0 radical (unpaired) electrons. The summed E-state index contributed by atoms with van der Waals surface area (Å²) in [5.74, 6) is 0.538. The largest absolute Gasteiger partial charge is 0.487 e. The van der Waals surface area contributed by atoms with Gasteiger partial charge in [0.05, 0.1) is 34.0 Å². The highest BCUT2D eigenvalue weighted by atomic mass is 19.4. The Labute approximate surface area is 221 Å². The van der Waals surface area contributed by atoms with Gasteiger partial charge in [0.2, 0.25) is 5.95 Å². The maximum absolute atomic E-state index is 15.2. The van der Waals surface area contributed by atoms with Gasteiger partial charge >= 0.3 is 6.18 Å². The molecule has 7 rings (SSSR count). The van der Waals surface area contributed by atoms with Crippen molar-refractivity contribution in [1.29, 1.82) is 0 Å². The molecular weight excluding hydrogens is 510 g/mol. The fourth-order valence-corrected chi connectivity index (χ4v) is 5.44. The normalized spacial score (nSPS) is 16.9. The zero-order chi connectivity index (χ0) is 26.7. The quantitative estimate of drug-likeness (QED) is 0.229. The average Bonchev–Trinajstić information content (AvgIpc) is 3.57. The van der Waals surface area contributed by atoms with Gasteiger partial charge in [0.15, 0.2) is 11.6 Å². The van der Waals surface area contributed by atoms with Crippen molar-refractivity contribution in [3.05, 3.63) is 78.2 Å². The molecule has 0 N–H and O–H groups in total. The highest BCUT2D eigenvalue weighted by Crippen LogP contribution is 2.41. The van der Waals surface area contributed by atoms with Crippen LogP contribution in [0.1, 0.15) is 37.3 Å². The molecule has 2 fully saturated rings. The second kappa shape index (κ2) is 9.00. The van der Waals surface area contributed by atoms with Crippen LogP contribution in [0.5, 0.6) is 5.75 Å². The number of para-hydroxylation sites is 2. The summed E-state index contributed by atoms with van der Waals surface area (Å²) < 4.78 is 64.4. The Morgan fingerprint density at radius 2 is 1.67 bits per heavy atom. The molecule has 0 unspecified atom stereocenters. The molecule has 0 spiro atoms. The second-order valence-electron chi connectivity index (χ2n) is 10.3. The maximum Gasteiger partial charge on any atom is 0.416 e. The Morgan fingerprint density at radius 3 is 2.44 bits per heavy atom. The van der Waals surface area contributed by atoms with E-state index in [0.717, 1.165) is 55.0 Å². The Bertz CT molecular complexity index is 1680. The van der Waals surface area contributed by atoms with Crippen LogP contribution in [0.15, 0.2) is 66.9 Å². The van der Waals surface area contributed by atoms with Crippen LogP contribution in [0.3, 0.4) is 0 Å². The van der Waals surface area contributed by atoms with Crippen molar-refractivity contribution in [3.8, 4) is 11.4 Å². The first-order chi connectivity index (χ1) is 18.8. The van der Waals surface area contributed by atoms with Crippen LogP contribution in [0, 0.1) is 5.82 Å². The molecule has 2 aromatic heterocycles. The van der Waals surface area contributed by atoms with Crippen molar-refractivity contribution in [1.82, 2.24) is 19.3 Å². The first kappa shape index (κ1) is 24.0. The number of imidazole rings is 1. The fraction of sp³-hybridized carbons (Fsp3) is 0.310. The summed E-state index contributed by atoms with van der Waals surface area (Å²) in [6, 6.07) is 16.4. The van der Waals surface area contributed by atoms with Crippen LogP contribution < -0.4 is 9.64 Å². The van der Waals surface area contributed by atoms with Crippen molar-refractivity contribution < 1.29 is 22.3 Å². The molecule has 10 heteroatoms. The van der Waals surface area contributed by atoms with Crippen molar-refractivity contribution in [2.45, 2.75) is 44.0 Å². The number of piperidine rings is 1. The minimum atomic E-state index is -4.48. The number of anilines is 1. The van der Waals surface area contributed by atoms with E-state index in [9.17, 15) is 13.2 Å². The molecule has 1 saturated carbocycles. The molecule has 6 nitrogen and oxygen atoms in total. The number of fused-ring (bicyclic) bond motifs is 2. The Morgan fingerprint density at radius 1 is 0.872 bits per heavy atom. The van der Waals surface area contributed by atoms with Crippen molar-refractivity contribution in [3.63, 3.8) is 0 Å². The van der Waals surface area contributed by atoms with Gasteiger partial charge in [0.1, 0.15) is 6.10 Å². The van der Waals surface area contributed by atoms with Gasteiger partial charge < -0.3 is 14.2 Å². The third-order valence-electron chi connectivity index (χ3n) is 7.55. The van der Waals surface area contributed by atoms with E-state index in [1.165, 1.54) is 41.9 Å². The number of ether oxygens (including phenoxy) is 1. The van der Waals surface area contributed by atoms with Gasteiger partial charge in [-0.25, -0.2) is 14.1 Å². The molecule has 3 aromatic carbocycles. The Kier molecular flexibility index (Phi) is 5.54. The van der Waals surface area contributed by atoms with E-state index in [-0.39, 0.29) is 17.5 Å². The summed E-state index contributed by atoms with van der Waals surface area (Å²) in [5, 5.41) is 4.80. The Balaban J connectivity index is 1.09. The topological polar surface area (TPSA) is 48.1 Å². The molecule has 5 aromatic rings. The molecule has 1 saturated heterocycles. The second-order valence-corrected chi connectivity index (χ2v) is 10.3. The minimum Gasteiger partial charge on any atom is -0.487 e. The summed E-state index contributed by atoms with van der Waals surface area (Å²) in [6.07, 6.45) is 0.630. The highest BCUT2D eigenvalue weighted by molar-refractivity contribution is 5.82. The highest BCUT2D eigenvalue weighted by Gasteiger charge is 2.33. The third kappa shape index (κ3) is 4.37. The number of rotatable bonds is 5. The number of benzene rings is 3. The number of aromatic nitrogens is 4. The van der Waals surface area contributed by atoms with Gasteiger partial charge in [-0.1, -0.05) is 18.2 Å². The molecule has 0 bridgehead atoms. The first-order valence-electron chi connectivity index (χ1n) is 13.1. The standard InChI is InChI=1S/C29H25F4N5O/c30-23-16-26-18(17-34-38(26)21-5-3-4-19(15-21)29(31,32)33)14-27(23)39-22-10-12-36(13-11-22)28-35-24-6-1-2-7-25(24)37(28)20-8-9-20/h1-7,14-17,20,22H,8-13H2. The zero-order valence-electron chi connectivity index (χ0n) is 20.9. The molecule has 39 heavy (non-hydrogen) atoms. The summed E-state index contributed by atoms with van der Waals surface area (Å²) in [7, 11) is 0. The van der Waals surface area contributed by atoms with Crippen molar-refractivity contribution in [2.75, 3.05) is 18.0 Å². The van der Waals surface area contributed by atoms with E-state index in [1.807, 2.05) is 18.2 Å². The van der Waals surface area contributed by atoms with Gasteiger partial charge in [0, 0.05) is 43.4 Å². The molecule has 200 valence electrons. The minimum absolute atomic E-state index is 0.120. The van der Waals surface area contributed by atoms with E-state index in [4.69, 9.17) is 9.72 Å². The lowest BCUT2D eigenvalue weighted by atomic mass is 10.1. The van der Waals surface area contributed by atoms with Gasteiger partial charge in [-0.15, -0.1) is 0 Å². The summed E-state index contributed by atoms with van der Waals surface area (Å²) >= 11 is 0. The molecule has 2 aliphatic rings. The predicted molar refractivity (Wildman–Crippen MR) is 140 cm³/mol. The van der Waals surface area contributed by atoms with Gasteiger partial charge in [-0.3, -0.25) is 0 Å².